The second-order valence-electron chi connectivity index (χ2n) is 14.3. The van der Waals surface area contributed by atoms with Gasteiger partial charge in [-0.3, -0.25) is 0 Å². The molecule has 8 aromatic carbocycles. The number of nitriles is 2. The van der Waals surface area contributed by atoms with Gasteiger partial charge in [-0.25, -0.2) is 0 Å². The van der Waals surface area contributed by atoms with Crippen molar-refractivity contribution in [2.24, 2.45) is 0 Å². The number of anilines is 8. The Balaban J connectivity index is 1.33. The third-order valence-electron chi connectivity index (χ3n) is 10.7. The van der Waals surface area contributed by atoms with Crippen LogP contribution in [0.2, 0.25) is 0 Å². The summed E-state index contributed by atoms with van der Waals surface area (Å²) in [6.45, 7) is 8.34. The van der Waals surface area contributed by atoms with Crippen molar-refractivity contribution in [2.75, 3.05) is 35.5 Å². The minimum atomic E-state index is 0.424. The van der Waals surface area contributed by atoms with E-state index in [9.17, 15) is 10.5 Å². The van der Waals surface area contributed by atoms with E-state index in [4.69, 9.17) is 9.47 Å². The molecule has 0 aliphatic heterocycles. The first kappa shape index (κ1) is 40.1. The molecule has 0 saturated heterocycles. The molecule has 4 N–H and O–H groups in total. The van der Waals surface area contributed by atoms with Gasteiger partial charge >= 0.3 is 0 Å². The summed E-state index contributed by atoms with van der Waals surface area (Å²) in [6, 6.07) is 56.0. The Morgan fingerprint density at radius 1 is 0.435 bits per heavy atom. The van der Waals surface area contributed by atoms with E-state index < -0.39 is 0 Å². The number of benzene rings is 8. The molecule has 8 aromatic rings. The molecule has 0 aromatic heterocycles. The highest BCUT2D eigenvalue weighted by Gasteiger charge is 2.24. The molecule has 0 saturated carbocycles. The monoisotopic (exact) mass is 806 g/mol. The maximum absolute atomic E-state index is 11.1. The van der Waals surface area contributed by atoms with Crippen molar-refractivity contribution in [1.82, 2.24) is 0 Å². The van der Waals surface area contributed by atoms with Gasteiger partial charge in [-0.2, -0.15) is 10.5 Å². The second kappa shape index (κ2) is 18.0. The Kier molecular flexibility index (Phi) is 11.7. The van der Waals surface area contributed by atoms with Gasteiger partial charge in [0.25, 0.3) is 0 Å². The number of nitrogens with one attached hydrogen (secondary N) is 4. The van der Waals surface area contributed by atoms with Crippen molar-refractivity contribution in [2.45, 2.75) is 0 Å². The number of hydrogen-bond donors (Lipinski definition) is 4. The van der Waals surface area contributed by atoms with Gasteiger partial charge in [0.15, 0.2) is 0 Å². The van der Waals surface area contributed by atoms with Crippen molar-refractivity contribution < 1.29 is 9.47 Å². The zero-order chi connectivity index (χ0) is 43.0. The van der Waals surface area contributed by atoms with Gasteiger partial charge in [-0.15, -0.1) is 0 Å². The Hall–Kier alpha value is -8.72. The summed E-state index contributed by atoms with van der Waals surface area (Å²) in [7, 11) is 3.28. The summed E-state index contributed by atoms with van der Waals surface area (Å²) in [6.07, 6.45) is 3.59. The zero-order valence-electron chi connectivity index (χ0n) is 34.3. The maximum atomic E-state index is 11.1. The predicted octanol–water partition coefficient (Wildman–Crippen LogP) is 14.2. The largest absolute Gasteiger partial charge is 0.497 e. The van der Waals surface area contributed by atoms with Crippen LogP contribution < -0.4 is 30.7 Å². The molecule has 8 heteroatoms. The summed E-state index contributed by atoms with van der Waals surface area (Å²) in [5.41, 5.74) is 12.0. The van der Waals surface area contributed by atoms with Crippen LogP contribution in [0.15, 0.2) is 171 Å². The van der Waals surface area contributed by atoms with Crippen LogP contribution >= 0.6 is 0 Å². The van der Waals surface area contributed by atoms with Crippen LogP contribution in [0.1, 0.15) is 22.3 Å². The topological polar surface area (TPSA) is 114 Å². The molecule has 0 bridgehead atoms. The van der Waals surface area contributed by atoms with Crippen molar-refractivity contribution >= 4 is 68.4 Å². The van der Waals surface area contributed by atoms with E-state index in [1.165, 1.54) is 0 Å². The number of para-hydroxylation sites is 2. The third kappa shape index (κ3) is 8.00. The lowest BCUT2D eigenvalue weighted by molar-refractivity contribution is 0.415. The number of hydrogen-bond acceptors (Lipinski definition) is 8. The number of fused-ring (bicyclic) bond motifs is 1. The normalized spacial score (nSPS) is 10.5. The minimum absolute atomic E-state index is 0.424. The van der Waals surface area contributed by atoms with Crippen LogP contribution in [0.4, 0.5) is 45.5 Å². The Morgan fingerprint density at radius 2 is 0.806 bits per heavy atom. The molecule has 0 spiro atoms. The van der Waals surface area contributed by atoms with Crippen LogP contribution in [0, 0.1) is 22.7 Å². The second-order valence-corrected chi connectivity index (χ2v) is 14.3. The first-order chi connectivity index (χ1) is 30.5. The van der Waals surface area contributed by atoms with Crippen LogP contribution in [-0.4, -0.2) is 14.2 Å². The molecule has 300 valence electrons. The van der Waals surface area contributed by atoms with Crippen LogP contribution in [0.25, 0.3) is 45.2 Å². The molecule has 0 fully saturated rings. The molecule has 0 amide bonds. The number of rotatable bonds is 14. The SMILES string of the molecule is C=Cc1ccc(Nc2ccc(OC)cc2)c(Nc2ccccc2)c1-c1ccc2c(C#N)c(-c3c(C=C)ccc(Nc4ccc(OC)cc4)c3Nc3ccccc3)ccc2c1C#N. The van der Waals surface area contributed by atoms with Gasteiger partial charge < -0.3 is 30.7 Å². The molecular weight excluding hydrogens is 765 g/mol. The fraction of sp³-hybridized carbons (Fsp3) is 0.0370. The average molecular weight is 807 g/mol. The molecule has 8 rings (SSSR count). The standard InChI is InChI=1S/C54H42N6O2/c1-5-35-17-31-49(57-39-19-23-41(61-3)24-20-39)53(59-37-13-9-7-10-14-37)51(35)45-29-27-44-43(47(45)33-55)28-30-46(48(44)34-56)52-36(6-2)18-32-50(54(52)60-38-15-11-8-12-16-38)58-40-21-25-42(62-4)26-22-40/h5-32,57-60H,1-2H2,3-4H3. The zero-order valence-corrected chi connectivity index (χ0v) is 34.3. The number of methoxy groups -OCH3 is 2. The Labute approximate surface area is 361 Å². The van der Waals surface area contributed by atoms with E-state index in [0.717, 1.165) is 79.3 Å². The summed E-state index contributed by atoms with van der Waals surface area (Å²) in [4.78, 5) is 0. The van der Waals surface area contributed by atoms with Crippen LogP contribution in [-0.2, 0) is 0 Å². The van der Waals surface area contributed by atoms with Crippen LogP contribution in [0.5, 0.6) is 11.5 Å². The number of nitrogens with zero attached hydrogens (tertiary/aromatic N) is 2. The smallest absolute Gasteiger partial charge is 0.119 e. The summed E-state index contributed by atoms with van der Waals surface area (Å²) in [5.74, 6) is 1.50. The Bertz CT molecular complexity index is 2810. The maximum Gasteiger partial charge on any atom is 0.119 e. The molecular formula is C54H42N6O2. The van der Waals surface area contributed by atoms with Gasteiger partial charge in [-0.1, -0.05) is 98.1 Å². The minimum Gasteiger partial charge on any atom is -0.497 e. The lowest BCUT2D eigenvalue weighted by Gasteiger charge is -2.23. The predicted molar refractivity (Wildman–Crippen MR) is 256 cm³/mol. The van der Waals surface area contributed by atoms with E-state index in [-0.39, 0.29) is 0 Å². The van der Waals surface area contributed by atoms with Gasteiger partial charge in [0.1, 0.15) is 23.6 Å². The first-order valence-electron chi connectivity index (χ1n) is 19.9. The summed E-state index contributed by atoms with van der Waals surface area (Å²) in [5, 5.41) is 37.9. The van der Waals surface area contributed by atoms with Gasteiger partial charge in [-0.05, 0) is 96.1 Å². The fourth-order valence-corrected chi connectivity index (χ4v) is 7.68. The highest BCUT2D eigenvalue weighted by Crippen LogP contribution is 2.47. The average Bonchev–Trinajstić information content (AvgIpc) is 3.32. The van der Waals surface area contributed by atoms with Crippen LogP contribution in [0.3, 0.4) is 0 Å². The molecule has 0 unspecified atom stereocenters. The quantitative estimate of drug-likeness (QED) is 0.0859. The molecule has 0 heterocycles. The molecule has 62 heavy (non-hydrogen) atoms. The van der Waals surface area contributed by atoms with Crippen molar-refractivity contribution in [1.29, 1.82) is 10.5 Å². The molecule has 8 nitrogen and oxygen atoms in total. The third-order valence-corrected chi connectivity index (χ3v) is 10.7. The van der Waals surface area contributed by atoms with Crippen molar-refractivity contribution in [3.63, 3.8) is 0 Å². The summed E-state index contributed by atoms with van der Waals surface area (Å²) < 4.78 is 10.8. The van der Waals surface area contributed by atoms with E-state index in [2.05, 4.69) is 46.6 Å². The van der Waals surface area contributed by atoms with E-state index in [1.54, 1.807) is 26.4 Å². The summed E-state index contributed by atoms with van der Waals surface area (Å²) >= 11 is 0. The lowest BCUT2D eigenvalue weighted by atomic mass is 9.86. The van der Waals surface area contributed by atoms with Gasteiger partial charge in [0, 0.05) is 55.8 Å². The van der Waals surface area contributed by atoms with E-state index in [0.29, 0.717) is 33.0 Å². The van der Waals surface area contributed by atoms with Gasteiger partial charge in [0.05, 0.1) is 48.1 Å². The number of ether oxygens (including phenoxy) is 2. The molecule has 0 atom stereocenters. The molecule has 0 radical (unpaired) electrons. The fourth-order valence-electron chi connectivity index (χ4n) is 7.68. The lowest BCUT2D eigenvalue weighted by Crippen LogP contribution is -2.04. The molecule has 0 aliphatic rings. The Morgan fingerprint density at radius 3 is 1.15 bits per heavy atom. The van der Waals surface area contributed by atoms with E-state index >= 15 is 0 Å². The van der Waals surface area contributed by atoms with E-state index in [1.807, 2.05) is 158 Å². The van der Waals surface area contributed by atoms with Gasteiger partial charge in [0.2, 0.25) is 0 Å². The first-order valence-corrected chi connectivity index (χ1v) is 19.9. The van der Waals surface area contributed by atoms with Crippen molar-refractivity contribution in [3.8, 4) is 45.9 Å². The molecule has 0 aliphatic carbocycles. The van der Waals surface area contributed by atoms with Crippen molar-refractivity contribution in [3.05, 3.63) is 193 Å². The highest BCUT2D eigenvalue weighted by atomic mass is 16.5. The highest BCUT2D eigenvalue weighted by molar-refractivity contribution is 6.07.